The molecule has 3 nitrogen and oxygen atoms in total. The molecule has 0 spiro atoms. The first-order chi connectivity index (χ1) is 7.69. The number of rotatable bonds is 6. The van der Waals surface area contributed by atoms with Gasteiger partial charge in [-0.2, -0.15) is 0 Å². The molecule has 0 aromatic carbocycles. The Morgan fingerprint density at radius 3 is 2.56 bits per heavy atom. The van der Waals surface area contributed by atoms with Crippen molar-refractivity contribution in [3.8, 4) is 0 Å². The van der Waals surface area contributed by atoms with E-state index in [9.17, 15) is 0 Å². The van der Waals surface area contributed by atoms with Crippen molar-refractivity contribution in [2.24, 2.45) is 0 Å². The van der Waals surface area contributed by atoms with E-state index in [1.54, 1.807) is 0 Å². The molecule has 0 atom stereocenters. The standard InChI is InChI=1S/C12H21N3S/c1-4-10-9-12(16)14-11(13-10)7-8-15(5-2)6-3/h9H,4-8H2,1-3H3,(H,13,14,16). The largest absolute Gasteiger partial charge is 0.347 e. The minimum atomic E-state index is 0.699. The SMILES string of the molecule is CCc1cc(=S)nc(CCN(CC)CC)[nH]1. The smallest absolute Gasteiger partial charge is 0.129 e. The summed E-state index contributed by atoms with van der Waals surface area (Å²) in [5, 5.41) is 0. The van der Waals surface area contributed by atoms with Crippen molar-refractivity contribution in [2.45, 2.75) is 33.6 Å². The zero-order valence-electron chi connectivity index (χ0n) is 10.4. The lowest BCUT2D eigenvalue weighted by Crippen LogP contribution is -2.25. The van der Waals surface area contributed by atoms with Crippen LogP contribution in [0.15, 0.2) is 6.07 Å². The Balaban J connectivity index is 2.66. The fraction of sp³-hybridized carbons (Fsp3) is 0.667. The molecule has 0 saturated carbocycles. The Hall–Kier alpha value is -0.740. The van der Waals surface area contributed by atoms with Crippen LogP contribution in [0.1, 0.15) is 32.3 Å². The number of nitrogens with zero attached hydrogens (tertiary/aromatic N) is 2. The van der Waals surface area contributed by atoms with E-state index in [0.717, 1.165) is 38.3 Å². The van der Waals surface area contributed by atoms with Gasteiger partial charge in [-0.25, -0.2) is 4.98 Å². The van der Waals surface area contributed by atoms with Gasteiger partial charge in [-0.05, 0) is 25.6 Å². The highest BCUT2D eigenvalue weighted by Crippen LogP contribution is 2.01. The average molecular weight is 239 g/mol. The van der Waals surface area contributed by atoms with Gasteiger partial charge in [-0.1, -0.05) is 33.0 Å². The molecular formula is C12H21N3S. The number of aromatic amines is 1. The monoisotopic (exact) mass is 239 g/mol. The molecule has 0 amide bonds. The molecular weight excluding hydrogens is 218 g/mol. The lowest BCUT2D eigenvalue weighted by atomic mass is 10.3. The fourth-order valence-corrected chi connectivity index (χ4v) is 1.93. The summed E-state index contributed by atoms with van der Waals surface area (Å²) in [7, 11) is 0. The second-order valence-electron chi connectivity index (χ2n) is 3.82. The summed E-state index contributed by atoms with van der Waals surface area (Å²) in [6, 6.07) is 1.94. The summed E-state index contributed by atoms with van der Waals surface area (Å²) in [5.74, 6) is 1.01. The molecule has 1 heterocycles. The minimum Gasteiger partial charge on any atom is -0.347 e. The number of hydrogen-bond donors (Lipinski definition) is 1. The van der Waals surface area contributed by atoms with Crippen LogP contribution in [-0.4, -0.2) is 34.5 Å². The van der Waals surface area contributed by atoms with Crippen LogP contribution < -0.4 is 0 Å². The van der Waals surface area contributed by atoms with Crippen LogP contribution in [0.5, 0.6) is 0 Å². The zero-order chi connectivity index (χ0) is 12.0. The first kappa shape index (κ1) is 13.3. The first-order valence-corrected chi connectivity index (χ1v) is 6.41. The van der Waals surface area contributed by atoms with Crippen molar-refractivity contribution < 1.29 is 0 Å². The van der Waals surface area contributed by atoms with Crippen molar-refractivity contribution in [3.05, 3.63) is 22.2 Å². The van der Waals surface area contributed by atoms with Gasteiger partial charge in [0.1, 0.15) is 10.5 Å². The van der Waals surface area contributed by atoms with Gasteiger partial charge in [0.15, 0.2) is 0 Å². The van der Waals surface area contributed by atoms with Crippen LogP contribution in [0, 0.1) is 4.64 Å². The number of nitrogens with one attached hydrogen (secondary N) is 1. The molecule has 0 unspecified atom stereocenters. The highest BCUT2D eigenvalue weighted by molar-refractivity contribution is 7.71. The topological polar surface area (TPSA) is 31.9 Å². The van der Waals surface area contributed by atoms with E-state index in [1.165, 1.54) is 5.69 Å². The minimum absolute atomic E-state index is 0.699. The van der Waals surface area contributed by atoms with Crippen LogP contribution in [0.4, 0.5) is 0 Å². The lowest BCUT2D eigenvalue weighted by Gasteiger charge is -2.17. The molecule has 4 heteroatoms. The molecule has 1 N–H and O–H groups in total. The Labute approximate surface area is 103 Å². The predicted molar refractivity (Wildman–Crippen MR) is 70.3 cm³/mol. The van der Waals surface area contributed by atoms with Gasteiger partial charge in [-0.3, -0.25) is 0 Å². The molecule has 0 aliphatic rings. The molecule has 90 valence electrons. The normalized spacial score (nSPS) is 11.0. The van der Waals surface area contributed by atoms with Crippen LogP contribution in [0.3, 0.4) is 0 Å². The number of hydrogen-bond acceptors (Lipinski definition) is 3. The van der Waals surface area contributed by atoms with Crippen molar-refractivity contribution in [1.29, 1.82) is 0 Å². The highest BCUT2D eigenvalue weighted by Gasteiger charge is 2.02. The molecule has 16 heavy (non-hydrogen) atoms. The second-order valence-corrected chi connectivity index (χ2v) is 4.24. The molecule has 0 saturated heterocycles. The van der Waals surface area contributed by atoms with Crippen LogP contribution in [-0.2, 0) is 12.8 Å². The van der Waals surface area contributed by atoms with Gasteiger partial charge in [0.25, 0.3) is 0 Å². The van der Waals surface area contributed by atoms with Crippen molar-refractivity contribution in [1.82, 2.24) is 14.9 Å². The van der Waals surface area contributed by atoms with Gasteiger partial charge < -0.3 is 9.88 Å². The molecule has 0 bridgehead atoms. The molecule has 0 aliphatic carbocycles. The van der Waals surface area contributed by atoms with E-state index in [0.29, 0.717) is 4.64 Å². The predicted octanol–water partition coefficient (Wildman–Crippen LogP) is 2.59. The fourth-order valence-electron chi connectivity index (χ4n) is 1.68. The maximum Gasteiger partial charge on any atom is 0.129 e. The highest BCUT2D eigenvalue weighted by atomic mass is 32.1. The van der Waals surface area contributed by atoms with Gasteiger partial charge in [0, 0.05) is 18.7 Å². The summed E-state index contributed by atoms with van der Waals surface area (Å²) in [4.78, 5) is 10.1. The van der Waals surface area contributed by atoms with E-state index < -0.39 is 0 Å². The third kappa shape index (κ3) is 4.02. The quantitative estimate of drug-likeness (QED) is 0.774. The molecule has 0 aliphatic heterocycles. The van der Waals surface area contributed by atoms with Crippen LogP contribution >= 0.6 is 12.2 Å². The third-order valence-electron chi connectivity index (χ3n) is 2.79. The van der Waals surface area contributed by atoms with Gasteiger partial charge in [-0.15, -0.1) is 0 Å². The first-order valence-electron chi connectivity index (χ1n) is 6.01. The van der Waals surface area contributed by atoms with Crippen molar-refractivity contribution >= 4 is 12.2 Å². The van der Waals surface area contributed by atoms with E-state index >= 15 is 0 Å². The summed E-state index contributed by atoms with van der Waals surface area (Å²) in [5.41, 5.74) is 1.18. The molecule has 1 rings (SSSR count). The molecule has 1 aromatic rings. The summed E-state index contributed by atoms with van der Waals surface area (Å²) >= 11 is 5.15. The molecule has 0 radical (unpaired) electrons. The Morgan fingerprint density at radius 2 is 2.00 bits per heavy atom. The number of aromatic nitrogens is 2. The summed E-state index contributed by atoms with van der Waals surface area (Å²) < 4.78 is 0.699. The average Bonchev–Trinajstić information content (AvgIpc) is 2.29. The molecule has 0 fully saturated rings. The number of H-pyrrole nitrogens is 1. The van der Waals surface area contributed by atoms with E-state index in [2.05, 4.69) is 35.6 Å². The van der Waals surface area contributed by atoms with Crippen molar-refractivity contribution in [2.75, 3.05) is 19.6 Å². The van der Waals surface area contributed by atoms with E-state index in [1.807, 2.05) is 6.07 Å². The number of aryl methyl sites for hydroxylation is 1. The van der Waals surface area contributed by atoms with Crippen molar-refractivity contribution in [3.63, 3.8) is 0 Å². The molecule has 1 aromatic heterocycles. The zero-order valence-corrected chi connectivity index (χ0v) is 11.2. The van der Waals surface area contributed by atoms with Crippen LogP contribution in [0.25, 0.3) is 0 Å². The Kier molecular flexibility index (Phi) is 5.63. The maximum absolute atomic E-state index is 5.15. The van der Waals surface area contributed by atoms with Crippen LogP contribution in [0.2, 0.25) is 0 Å². The van der Waals surface area contributed by atoms with Gasteiger partial charge >= 0.3 is 0 Å². The van der Waals surface area contributed by atoms with E-state index in [-0.39, 0.29) is 0 Å². The van der Waals surface area contributed by atoms with Gasteiger partial charge in [0.2, 0.25) is 0 Å². The third-order valence-corrected chi connectivity index (χ3v) is 3.00. The maximum atomic E-state index is 5.15. The Bertz CT molecular complexity index is 369. The Morgan fingerprint density at radius 1 is 1.31 bits per heavy atom. The van der Waals surface area contributed by atoms with Gasteiger partial charge in [0.05, 0.1) is 0 Å². The lowest BCUT2D eigenvalue weighted by molar-refractivity contribution is 0.305. The van der Waals surface area contributed by atoms with E-state index in [4.69, 9.17) is 12.2 Å². The summed E-state index contributed by atoms with van der Waals surface area (Å²) in [6.45, 7) is 9.70. The summed E-state index contributed by atoms with van der Waals surface area (Å²) in [6.07, 6.45) is 1.92. The number of likely N-dealkylation sites (N-methyl/N-ethyl adjacent to an activating group) is 1. The second kappa shape index (κ2) is 6.76.